The van der Waals surface area contributed by atoms with Crippen molar-refractivity contribution in [3.8, 4) is 0 Å². The summed E-state index contributed by atoms with van der Waals surface area (Å²) >= 11 is 1.40. The molecule has 1 N–H and O–H groups in total. The van der Waals surface area contributed by atoms with E-state index in [1.165, 1.54) is 17.4 Å². The molecule has 1 amide bonds. The third-order valence-electron chi connectivity index (χ3n) is 4.78. The molecule has 23 heavy (non-hydrogen) atoms. The van der Waals surface area contributed by atoms with Crippen molar-refractivity contribution >= 4 is 32.6 Å². The zero-order chi connectivity index (χ0) is 16.0. The van der Waals surface area contributed by atoms with Crippen LogP contribution in [0.3, 0.4) is 0 Å². The second kappa shape index (κ2) is 5.81. The zero-order valence-corrected chi connectivity index (χ0v) is 13.8. The third-order valence-corrected chi connectivity index (χ3v) is 5.71. The van der Waals surface area contributed by atoms with Crippen LogP contribution in [-0.2, 0) is 4.79 Å². The Hall–Kier alpha value is -1.57. The molecule has 0 spiro atoms. The van der Waals surface area contributed by atoms with Crippen LogP contribution in [0, 0.1) is 12.7 Å². The third kappa shape index (κ3) is 2.73. The molecule has 7 heteroatoms. The van der Waals surface area contributed by atoms with Crippen molar-refractivity contribution in [1.82, 2.24) is 14.8 Å². The molecular weight excluding hydrogens is 315 g/mol. The summed E-state index contributed by atoms with van der Waals surface area (Å²) in [5, 5.41) is 3.49. The van der Waals surface area contributed by atoms with Crippen LogP contribution in [0.25, 0.3) is 10.2 Å². The van der Waals surface area contributed by atoms with E-state index < -0.39 is 0 Å². The number of hydrogen-bond donors (Lipinski definition) is 1. The molecule has 1 aromatic heterocycles. The maximum absolute atomic E-state index is 13.6. The second-order valence-corrected chi connectivity index (χ2v) is 7.26. The number of rotatable bonds is 2. The summed E-state index contributed by atoms with van der Waals surface area (Å²) in [7, 11) is 0. The van der Waals surface area contributed by atoms with E-state index in [-0.39, 0.29) is 17.8 Å². The fraction of sp³-hybridized carbons (Fsp3) is 0.500. The van der Waals surface area contributed by atoms with Crippen molar-refractivity contribution in [2.45, 2.75) is 19.4 Å². The predicted octanol–water partition coefficient (Wildman–Crippen LogP) is 2.07. The Balaban J connectivity index is 1.56. The van der Waals surface area contributed by atoms with Crippen LogP contribution in [0.5, 0.6) is 0 Å². The molecule has 5 rings (SSSR count). The van der Waals surface area contributed by atoms with Crippen molar-refractivity contribution < 1.29 is 9.18 Å². The number of fused-ring (bicyclic) bond motifs is 5. The Bertz CT molecular complexity index is 758. The van der Waals surface area contributed by atoms with Gasteiger partial charge in [-0.2, -0.15) is 0 Å². The second-order valence-electron chi connectivity index (χ2n) is 6.23. The van der Waals surface area contributed by atoms with Gasteiger partial charge in [-0.1, -0.05) is 11.3 Å². The van der Waals surface area contributed by atoms with E-state index in [1.54, 1.807) is 13.0 Å². The molecule has 2 unspecified atom stereocenters. The quantitative estimate of drug-likeness (QED) is 0.913. The first-order chi connectivity index (χ1) is 11.1. The summed E-state index contributed by atoms with van der Waals surface area (Å²) < 4.78 is 14.5. The average Bonchev–Trinajstić information content (AvgIpc) is 2.72. The van der Waals surface area contributed by atoms with Crippen LogP contribution in [-0.4, -0.2) is 59.5 Å². The molecule has 122 valence electrons. The van der Waals surface area contributed by atoms with E-state index in [4.69, 9.17) is 0 Å². The van der Waals surface area contributed by atoms with E-state index >= 15 is 0 Å². The van der Waals surface area contributed by atoms with Gasteiger partial charge in [0.05, 0.1) is 10.2 Å². The van der Waals surface area contributed by atoms with Gasteiger partial charge in [0.15, 0.2) is 5.13 Å². The minimum absolute atomic E-state index is 0.00576. The van der Waals surface area contributed by atoms with Crippen molar-refractivity contribution in [3.05, 3.63) is 23.5 Å². The van der Waals surface area contributed by atoms with Gasteiger partial charge in [0.25, 0.3) is 0 Å². The van der Waals surface area contributed by atoms with E-state index in [1.807, 2.05) is 0 Å². The number of amides is 1. The summed E-state index contributed by atoms with van der Waals surface area (Å²) in [5.74, 6) is -0.269. The van der Waals surface area contributed by atoms with Gasteiger partial charge in [0.1, 0.15) is 11.9 Å². The number of aromatic nitrogens is 1. The smallest absolute Gasteiger partial charge is 0.244 e. The highest BCUT2D eigenvalue weighted by Crippen LogP contribution is 2.29. The molecule has 0 aliphatic carbocycles. The number of halogens is 1. The maximum Gasteiger partial charge on any atom is 0.244 e. The summed E-state index contributed by atoms with van der Waals surface area (Å²) in [5.41, 5.74) is 1.17. The van der Waals surface area contributed by atoms with Crippen LogP contribution in [0.2, 0.25) is 0 Å². The van der Waals surface area contributed by atoms with Crippen LogP contribution < -0.4 is 5.32 Å². The van der Waals surface area contributed by atoms with Crippen molar-refractivity contribution in [2.75, 3.05) is 38.0 Å². The Kier molecular flexibility index (Phi) is 3.79. The molecule has 5 nitrogen and oxygen atoms in total. The van der Waals surface area contributed by atoms with Gasteiger partial charge in [0.2, 0.25) is 5.91 Å². The molecule has 3 fully saturated rings. The zero-order valence-electron chi connectivity index (χ0n) is 13.0. The van der Waals surface area contributed by atoms with Gasteiger partial charge in [-0.3, -0.25) is 14.6 Å². The Morgan fingerprint density at radius 3 is 3.09 bits per heavy atom. The van der Waals surface area contributed by atoms with Gasteiger partial charge < -0.3 is 5.32 Å². The molecule has 2 aromatic rings. The molecule has 3 saturated heterocycles. The van der Waals surface area contributed by atoms with Crippen molar-refractivity contribution in [3.63, 3.8) is 0 Å². The average molecular weight is 334 g/mol. The lowest BCUT2D eigenvalue weighted by Gasteiger charge is -2.36. The number of thiazole rings is 1. The van der Waals surface area contributed by atoms with Gasteiger partial charge >= 0.3 is 0 Å². The number of anilines is 1. The summed E-state index contributed by atoms with van der Waals surface area (Å²) in [6, 6.07) is 3.05. The number of carbonyl (C=O) groups is 1. The molecular formula is C16H19FN4OS. The Labute approximate surface area is 138 Å². The molecule has 0 radical (unpaired) electrons. The minimum Gasteiger partial charge on any atom is -0.301 e. The highest BCUT2D eigenvalue weighted by molar-refractivity contribution is 7.22. The van der Waals surface area contributed by atoms with E-state index in [0.29, 0.717) is 16.2 Å². The first kappa shape index (κ1) is 15.0. The Morgan fingerprint density at radius 1 is 1.35 bits per heavy atom. The molecule has 3 aliphatic heterocycles. The highest BCUT2D eigenvalue weighted by atomic mass is 32.1. The topological polar surface area (TPSA) is 48.5 Å². The van der Waals surface area contributed by atoms with Gasteiger partial charge in [-0.25, -0.2) is 9.37 Å². The molecule has 3 atom stereocenters. The first-order valence-corrected chi connectivity index (χ1v) is 8.76. The van der Waals surface area contributed by atoms with Crippen LogP contribution in [0.1, 0.15) is 12.0 Å². The van der Waals surface area contributed by atoms with Crippen molar-refractivity contribution in [2.24, 2.45) is 0 Å². The number of piperazine rings is 1. The van der Waals surface area contributed by atoms with Crippen LogP contribution in [0.15, 0.2) is 12.1 Å². The normalized spacial score (nSPS) is 27.1. The number of nitrogens with one attached hydrogen (secondary N) is 1. The largest absolute Gasteiger partial charge is 0.301 e. The number of benzene rings is 1. The lowest BCUT2D eigenvalue weighted by Crippen LogP contribution is -2.55. The van der Waals surface area contributed by atoms with E-state index in [2.05, 4.69) is 20.1 Å². The fourth-order valence-electron chi connectivity index (χ4n) is 3.44. The maximum atomic E-state index is 13.6. The number of carbonyl (C=O) groups excluding carboxylic acids is 1. The molecule has 4 heterocycles. The number of hydrogen-bond acceptors (Lipinski definition) is 5. The summed E-state index contributed by atoms with van der Waals surface area (Å²) in [4.78, 5) is 21.7. The standard InChI is InChI=1S/C16H19FN4OS/c1-10-11(17)3-4-13-14(10)18-16(23-13)19-15(22)12-9-20-5-2-6-21(12)8-7-20/h3-4,12H,2,5-9H2,1H3,(H,18,19,22)/t12-/m0/s1. The van der Waals surface area contributed by atoms with Gasteiger partial charge in [-0.05, 0) is 32.0 Å². The summed E-state index contributed by atoms with van der Waals surface area (Å²) in [6.07, 6.45) is 1.11. The van der Waals surface area contributed by atoms with E-state index in [0.717, 1.165) is 43.8 Å². The molecule has 0 saturated carbocycles. The number of aryl methyl sites for hydroxylation is 1. The molecule has 3 aliphatic rings. The van der Waals surface area contributed by atoms with Gasteiger partial charge in [-0.15, -0.1) is 0 Å². The highest BCUT2D eigenvalue weighted by Gasteiger charge is 2.34. The predicted molar refractivity (Wildman–Crippen MR) is 89.4 cm³/mol. The Morgan fingerprint density at radius 2 is 2.22 bits per heavy atom. The number of nitrogens with zero attached hydrogens (tertiary/aromatic N) is 3. The fourth-order valence-corrected chi connectivity index (χ4v) is 4.36. The lowest BCUT2D eigenvalue weighted by atomic mass is 10.2. The molecule has 1 aromatic carbocycles. The summed E-state index contributed by atoms with van der Waals surface area (Å²) in [6.45, 7) is 6.53. The minimum atomic E-state index is -0.263. The van der Waals surface area contributed by atoms with E-state index in [9.17, 15) is 9.18 Å². The SMILES string of the molecule is Cc1c(F)ccc2sc(NC(=O)[C@@H]3CN4CCCN3CC4)nc12. The van der Waals surface area contributed by atoms with Gasteiger partial charge in [0, 0.05) is 31.7 Å². The van der Waals surface area contributed by atoms with Crippen LogP contribution in [0.4, 0.5) is 9.52 Å². The van der Waals surface area contributed by atoms with Crippen LogP contribution >= 0.6 is 11.3 Å². The lowest BCUT2D eigenvalue weighted by molar-refractivity contribution is -0.122. The van der Waals surface area contributed by atoms with Crippen molar-refractivity contribution in [1.29, 1.82) is 0 Å². The first-order valence-electron chi connectivity index (χ1n) is 7.95. The molecule has 2 bridgehead atoms. The monoisotopic (exact) mass is 334 g/mol.